The van der Waals surface area contributed by atoms with E-state index < -0.39 is 0 Å². The van der Waals surface area contributed by atoms with Gasteiger partial charge in [0.15, 0.2) is 0 Å². The van der Waals surface area contributed by atoms with Gasteiger partial charge in [0.25, 0.3) is 11.7 Å². The summed E-state index contributed by atoms with van der Waals surface area (Å²) >= 11 is 7.34. The first kappa shape index (κ1) is 22.6. The summed E-state index contributed by atoms with van der Waals surface area (Å²) < 4.78 is 1.97. The molecule has 3 N–H and O–H groups in total. The van der Waals surface area contributed by atoms with E-state index in [0.717, 1.165) is 28.2 Å². The summed E-state index contributed by atoms with van der Waals surface area (Å²) in [5.74, 6) is 0.820. The number of aryl methyl sites for hydroxylation is 1. The average molecular weight is 479 g/mol. The van der Waals surface area contributed by atoms with Crippen LogP contribution in [0.5, 0.6) is 5.75 Å². The van der Waals surface area contributed by atoms with Crippen LogP contribution in [0.25, 0.3) is 17.1 Å². The molecule has 1 amide bonds. The van der Waals surface area contributed by atoms with Crippen LogP contribution < -0.4 is 9.99 Å². The van der Waals surface area contributed by atoms with Crippen molar-refractivity contribution in [2.45, 2.75) is 12.1 Å². The summed E-state index contributed by atoms with van der Waals surface area (Å²) in [6.45, 7) is 2.03. The molecule has 0 bridgehead atoms. The number of aromatic hydroxyl groups is 1. The molecular weight excluding hydrogens is 458 g/mol. The van der Waals surface area contributed by atoms with Gasteiger partial charge in [0, 0.05) is 5.02 Å². The smallest absolute Gasteiger partial charge is 0.342 e. The van der Waals surface area contributed by atoms with Gasteiger partial charge < -0.3 is 5.11 Å². The van der Waals surface area contributed by atoms with Crippen molar-refractivity contribution in [1.29, 1.82) is 0 Å². The van der Waals surface area contributed by atoms with E-state index in [4.69, 9.17) is 11.6 Å². The van der Waals surface area contributed by atoms with Crippen molar-refractivity contribution in [2.24, 2.45) is 5.10 Å². The van der Waals surface area contributed by atoms with Gasteiger partial charge in [-0.2, -0.15) is 9.67 Å². The lowest BCUT2D eigenvalue weighted by Gasteiger charge is -2.05. The number of nitrogens with one attached hydrogen (secondary N) is 2. The van der Waals surface area contributed by atoms with Crippen molar-refractivity contribution in [1.82, 2.24) is 15.6 Å². The molecule has 0 spiro atoms. The Labute approximate surface area is 200 Å². The molecule has 33 heavy (non-hydrogen) atoms. The molecule has 166 valence electrons. The number of thioether (sulfide) groups is 1. The number of hydrogen-bond donors (Lipinski definition) is 3. The number of benzene rings is 3. The van der Waals surface area contributed by atoms with Crippen LogP contribution in [-0.4, -0.2) is 33.2 Å². The van der Waals surface area contributed by atoms with Crippen molar-refractivity contribution in [3.05, 3.63) is 88.9 Å². The maximum absolute atomic E-state index is 12.3. The van der Waals surface area contributed by atoms with E-state index in [1.165, 1.54) is 18.0 Å². The highest BCUT2D eigenvalue weighted by Crippen LogP contribution is 2.22. The van der Waals surface area contributed by atoms with E-state index in [-0.39, 0.29) is 17.4 Å². The highest BCUT2D eigenvalue weighted by atomic mass is 35.5. The van der Waals surface area contributed by atoms with Crippen LogP contribution in [0.15, 0.2) is 83.1 Å². The fraction of sp³-hybridized carbons (Fsp3) is 0.0833. The van der Waals surface area contributed by atoms with Crippen LogP contribution in [0.2, 0.25) is 5.02 Å². The molecule has 0 saturated carbocycles. The number of carbonyl (C=O) groups excluding carboxylic acids is 1. The summed E-state index contributed by atoms with van der Waals surface area (Å²) in [7, 11) is 0. The number of halogens is 1. The second-order valence-corrected chi connectivity index (χ2v) is 8.58. The van der Waals surface area contributed by atoms with Crippen LogP contribution >= 0.6 is 23.4 Å². The van der Waals surface area contributed by atoms with E-state index in [1.807, 2.05) is 60.0 Å². The predicted octanol–water partition coefficient (Wildman–Crippen LogP) is 4.26. The number of hydrogen-bond acceptors (Lipinski definition) is 5. The van der Waals surface area contributed by atoms with Crippen molar-refractivity contribution in [3.8, 4) is 22.8 Å². The molecule has 0 atom stereocenters. The van der Waals surface area contributed by atoms with Gasteiger partial charge in [0.1, 0.15) is 11.4 Å². The minimum atomic E-state index is -0.262. The first-order chi connectivity index (χ1) is 16.0. The Balaban J connectivity index is 1.51. The molecule has 1 aromatic heterocycles. The number of aromatic nitrogens is 3. The Kier molecular flexibility index (Phi) is 7.07. The minimum absolute atomic E-state index is 0.129. The molecule has 9 heteroatoms. The number of carbonyl (C=O) groups is 1. The zero-order valence-electron chi connectivity index (χ0n) is 17.7. The van der Waals surface area contributed by atoms with Gasteiger partial charge in [-0.1, -0.05) is 29.3 Å². The molecule has 0 unspecified atom stereocenters. The van der Waals surface area contributed by atoms with E-state index in [9.17, 15) is 9.90 Å². The third kappa shape index (κ3) is 5.79. The van der Waals surface area contributed by atoms with E-state index in [0.29, 0.717) is 10.2 Å². The van der Waals surface area contributed by atoms with Crippen molar-refractivity contribution >= 4 is 35.5 Å². The fourth-order valence-corrected chi connectivity index (χ4v) is 3.92. The number of phenolic OH excluding ortho intramolecular Hbond substituents is 1. The van der Waals surface area contributed by atoms with Gasteiger partial charge in [-0.3, -0.25) is 4.79 Å². The molecule has 0 aliphatic heterocycles. The monoisotopic (exact) mass is 478 g/mol. The van der Waals surface area contributed by atoms with Crippen LogP contribution in [-0.2, 0) is 4.79 Å². The first-order valence-corrected chi connectivity index (χ1v) is 11.4. The van der Waals surface area contributed by atoms with E-state index in [1.54, 1.807) is 24.3 Å². The summed E-state index contributed by atoms with van der Waals surface area (Å²) in [5.41, 5.74) is 6.27. The Morgan fingerprint density at radius 2 is 1.82 bits per heavy atom. The molecule has 0 aliphatic rings. The maximum Gasteiger partial charge on any atom is 0.342 e. The summed E-state index contributed by atoms with van der Waals surface area (Å²) in [4.78, 5) is 12.3. The molecule has 1 heterocycles. The number of rotatable bonds is 7. The molecule has 3 aromatic carbocycles. The van der Waals surface area contributed by atoms with Crippen LogP contribution in [0.1, 0.15) is 11.1 Å². The molecule has 0 fully saturated rings. The second kappa shape index (κ2) is 10.3. The third-order valence-corrected chi connectivity index (χ3v) is 5.90. The zero-order chi connectivity index (χ0) is 23.2. The van der Waals surface area contributed by atoms with Gasteiger partial charge in [0.2, 0.25) is 0 Å². The van der Waals surface area contributed by atoms with Crippen LogP contribution in [0.3, 0.4) is 0 Å². The van der Waals surface area contributed by atoms with Crippen molar-refractivity contribution < 1.29 is 14.5 Å². The van der Waals surface area contributed by atoms with E-state index in [2.05, 4.69) is 20.7 Å². The van der Waals surface area contributed by atoms with Crippen LogP contribution in [0, 0.1) is 6.92 Å². The number of amides is 1. The fourth-order valence-electron chi connectivity index (χ4n) is 3.03. The predicted molar refractivity (Wildman–Crippen MR) is 130 cm³/mol. The number of H-pyrrole nitrogens is 1. The van der Waals surface area contributed by atoms with Crippen molar-refractivity contribution in [3.63, 3.8) is 0 Å². The SMILES string of the molecule is Cc1ccc(-[n+]2c(SCC(=O)NN=Cc3ccc(O)cc3)n[nH]c2-c2ccc(Cl)cc2)cc1. The zero-order valence-corrected chi connectivity index (χ0v) is 19.3. The largest absolute Gasteiger partial charge is 0.508 e. The number of nitrogens with zero attached hydrogens (tertiary/aromatic N) is 3. The topological polar surface area (TPSA) is 94.2 Å². The highest BCUT2D eigenvalue weighted by Gasteiger charge is 2.24. The summed E-state index contributed by atoms with van der Waals surface area (Å²) in [5, 5.41) is 22.1. The summed E-state index contributed by atoms with van der Waals surface area (Å²) in [6, 6.07) is 22.1. The molecule has 0 aliphatic carbocycles. The molecule has 7 nitrogen and oxygen atoms in total. The average Bonchev–Trinajstić information content (AvgIpc) is 3.24. The quantitative estimate of drug-likeness (QED) is 0.160. The van der Waals surface area contributed by atoms with Crippen LogP contribution in [0.4, 0.5) is 0 Å². The van der Waals surface area contributed by atoms with Gasteiger partial charge in [-0.15, -0.1) is 5.10 Å². The first-order valence-electron chi connectivity index (χ1n) is 10.1. The Morgan fingerprint density at radius 3 is 2.52 bits per heavy atom. The lowest BCUT2D eigenvalue weighted by molar-refractivity contribution is -0.625. The molecule has 0 radical (unpaired) electrons. The highest BCUT2D eigenvalue weighted by molar-refractivity contribution is 7.99. The van der Waals surface area contributed by atoms with E-state index >= 15 is 0 Å². The maximum atomic E-state index is 12.3. The van der Waals surface area contributed by atoms with Gasteiger partial charge in [0.05, 0.1) is 22.6 Å². The minimum Gasteiger partial charge on any atom is -0.508 e. The third-order valence-electron chi connectivity index (χ3n) is 4.71. The Hall–Kier alpha value is -3.62. The lowest BCUT2D eigenvalue weighted by Crippen LogP contribution is -2.34. The molecule has 4 aromatic rings. The summed E-state index contributed by atoms with van der Waals surface area (Å²) in [6.07, 6.45) is 1.52. The van der Waals surface area contributed by atoms with Crippen molar-refractivity contribution in [2.75, 3.05) is 5.75 Å². The van der Waals surface area contributed by atoms with Gasteiger partial charge >= 0.3 is 5.16 Å². The number of hydrazone groups is 1. The lowest BCUT2D eigenvalue weighted by atomic mass is 10.2. The second-order valence-electron chi connectivity index (χ2n) is 7.21. The molecule has 4 rings (SSSR count). The molecular formula is C24H21ClN5O2S+. The number of aromatic amines is 1. The van der Waals surface area contributed by atoms with Gasteiger partial charge in [-0.05, 0) is 84.9 Å². The molecule has 0 saturated heterocycles. The standard InChI is InChI=1S/C24H20ClN5O2S/c1-16-2-10-20(11-3-16)30-23(18-6-8-19(25)9-7-18)28-29-24(30)33-15-22(32)27-26-14-17-4-12-21(31)13-5-17/h2-14H,15H2,1H3,(H2,26,27,31,32)/p+1. The number of phenols is 1. The van der Waals surface area contributed by atoms with Gasteiger partial charge in [-0.25, -0.2) is 5.43 Å². The Morgan fingerprint density at radius 1 is 1.12 bits per heavy atom. The normalized spacial score (nSPS) is 11.1. The Bertz CT molecular complexity index is 1270.